The largest absolute Gasteiger partial charge is 0.376 e. The van der Waals surface area contributed by atoms with Crippen LogP contribution in [0.25, 0.3) is 16.6 Å². The van der Waals surface area contributed by atoms with E-state index < -0.39 is 0 Å². The molecule has 1 saturated heterocycles. The first-order valence-electron chi connectivity index (χ1n) is 8.24. The number of hydrogen-bond acceptors (Lipinski definition) is 3. The van der Waals surface area contributed by atoms with Crippen LogP contribution < -0.4 is 5.32 Å². The average Bonchev–Trinajstić information content (AvgIpc) is 3.29. The number of carbonyl (C=O) groups excluding carboxylic acids is 1. The molecule has 3 heterocycles. The first-order chi connectivity index (χ1) is 11.8. The number of amides is 1. The summed E-state index contributed by atoms with van der Waals surface area (Å²) in [7, 11) is 0. The third-order valence-corrected chi connectivity index (χ3v) is 4.40. The van der Waals surface area contributed by atoms with Crippen LogP contribution in [0.5, 0.6) is 0 Å². The van der Waals surface area contributed by atoms with E-state index in [9.17, 15) is 4.79 Å². The van der Waals surface area contributed by atoms with E-state index in [4.69, 9.17) is 4.74 Å². The minimum Gasteiger partial charge on any atom is -0.376 e. The summed E-state index contributed by atoms with van der Waals surface area (Å²) in [5, 5.41) is 7.29. The Morgan fingerprint density at radius 3 is 2.92 bits per heavy atom. The van der Waals surface area contributed by atoms with E-state index in [0.29, 0.717) is 12.1 Å². The highest BCUT2D eigenvalue weighted by Gasteiger charge is 2.16. The van der Waals surface area contributed by atoms with Gasteiger partial charge in [0.2, 0.25) is 0 Å². The topological polar surface area (TPSA) is 55.6 Å². The number of nitrogens with zero attached hydrogens (tertiary/aromatic N) is 2. The van der Waals surface area contributed by atoms with Gasteiger partial charge in [0, 0.05) is 30.5 Å². The second-order valence-corrected chi connectivity index (χ2v) is 6.01. The van der Waals surface area contributed by atoms with E-state index >= 15 is 0 Å². The summed E-state index contributed by atoms with van der Waals surface area (Å²) in [4.78, 5) is 12.2. The molecule has 0 saturated carbocycles. The third-order valence-electron chi connectivity index (χ3n) is 4.40. The number of hydrogen-bond donors (Lipinski definition) is 1. The van der Waals surface area contributed by atoms with Gasteiger partial charge in [0.25, 0.3) is 5.91 Å². The van der Waals surface area contributed by atoms with Gasteiger partial charge < -0.3 is 10.1 Å². The molecule has 1 aliphatic rings. The fourth-order valence-electron chi connectivity index (χ4n) is 3.07. The van der Waals surface area contributed by atoms with Crippen molar-refractivity contribution in [3.8, 4) is 11.1 Å². The van der Waals surface area contributed by atoms with Gasteiger partial charge in [-0.25, -0.2) is 4.52 Å². The first kappa shape index (κ1) is 14.9. The molecule has 3 aromatic rings. The average molecular weight is 321 g/mol. The van der Waals surface area contributed by atoms with Crippen molar-refractivity contribution in [1.29, 1.82) is 0 Å². The van der Waals surface area contributed by atoms with Crippen molar-refractivity contribution < 1.29 is 9.53 Å². The highest BCUT2D eigenvalue weighted by molar-refractivity contribution is 5.95. The van der Waals surface area contributed by atoms with Crippen LogP contribution in [0.2, 0.25) is 0 Å². The minimum absolute atomic E-state index is 0.0584. The number of rotatable bonds is 4. The highest BCUT2D eigenvalue weighted by Crippen LogP contribution is 2.24. The van der Waals surface area contributed by atoms with Gasteiger partial charge in [0.1, 0.15) is 0 Å². The first-order valence-corrected chi connectivity index (χ1v) is 8.24. The number of benzene rings is 1. The SMILES string of the molecule is O=C(NC[C@H]1CCCO1)c1ccc(-c2cnn3ccccc23)cc1. The van der Waals surface area contributed by atoms with Crippen LogP contribution in [0.1, 0.15) is 23.2 Å². The molecule has 1 atom stereocenters. The Hall–Kier alpha value is -2.66. The van der Waals surface area contributed by atoms with E-state index in [1.54, 1.807) is 0 Å². The molecule has 5 nitrogen and oxygen atoms in total. The van der Waals surface area contributed by atoms with Crippen molar-refractivity contribution >= 4 is 11.4 Å². The fourth-order valence-corrected chi connectivity index (χ4v) is 3.07. The molecular formula is C19H19N3O2. The van der Waals surface area contributed by atoms with Crippen LogP contribution in [0.3, 0.4) is 0 Å². The predicted octanol–water partition coefficient (Wildman–Crippen LogP) is 2.91. The number of ether oxygens (including phenoxy) is 1. The monoisotopic (exact) mass is 321 g/mol. The Morgan fingerprint density at radius 2 is 2.12 bits per heavy atom. The van der Waals surface area contributed by atoms with Gasteiger partial charge in [0.05, 0.1) is 17.8 Å². The molecule has 24 heavy (non-hydrogen) atoms. The van der Waals surface area contributed by atoms with E-state index in [2.05, 4.69) is 10.4 Å². The lowest BCUT2D eigenvalue weighted by Crippen LogP contribution is -2.31. The van der Waals surface area contributed by atoms with Gasteiger partial charge in [-0.1, -0.05) is 18.2 Å². The lowest BCUT2D eigenvalue weighted by atomic mass is 10.0. The lowest BCUT2D eigenvalue weighted by molar-refractivity contribution is 0.0858. The highest BCUT2D eigenvalue weighted by atomic mass is 16.5. The maximum absolute atomic E-state index is 12.2. The van der Waals surface area contributed by atoms with Crippen LogP contribution in [-0.2, 0) is 4.74 Å². The number of carbonyl (C=O) groups is 1. The molecule has 1 fully saturated rings. The van der Waals surface area contributed by atoms with Crippen molar-refractivity contribution in [2.45, 2.75) is 18.9 Å². The molecule has 1 amide bonds. The van der Waals surface area contributed by atoms with E-state index in [0.717, 1.165) is 36.1 Å². The summed E-state index contributed by atoms with van der Waals surface area (Å²) in [5.74, 6) is -0.0584. The number of fused-ring (bicyclic) bond motifs is 1. The molecule has 1 aliphatic heterocycles. The molecule has 0 spiro atoms. The maximum Gasteiger partial charge on any atom is 0.251 e. The summed E-state index contributed by atoms with van der Waals surface area (Å²) in [6, 6.07) is 13.6. The van der Waals surface area contributed by atoms with Gasteiger partial charge in [-0.3, -0.25) is 4.79 Å². The Balaban J connectivity index is 1.49. The summed E-state index contributed by atoms with van der Waals surface area (Å²) in [5.41, 5.74) is 3.81. The molecule has 0 radical (unpaired) electrons. The quantitative estimate of drug-likeness (QED) is 0.804. The van der Waals surface area contributed by atoms with Gasteiger partial charge in [0.15, 0.2) is 0 Å². The second-order valence-electron chi connectivity index (χ2n) is 6.01. The zero-order valence-corrected chi connectivity index (χ0v) is 13.3. The number of pyridine rings is 1. The zero-order chi connectivity index (χ0) is 16.4. The minimum atomic E-state index is -0.0584. The molecule has 4 rings (SSSR count). The molecule has 1 N–H and O–H groups in total. The fraction of sp³-hybridized carbons (Fsp3) is 0.263. The smallest absolute Gasteiger partial charge is 0.251 e. The van der Waals surface area contributed by atoms with Crippen molar-refractivity contribution in [1.82, 2.24) is 14.9 Å². The Bertz CT molecular complexity index is 848. The number of aromatic nitrogens is 2. The van der Waals surface area contributed by atoms with Crippen LogP contribution in [0.15, 0.2) is 54.9 Å². The molecule has 0 aliphatic carbocycles. The van der Waals surface area contributed by atoms with Crippen LogP contribution >= 0.6 is 0 Å². The Labute approximate surface area is 140 Å². The van der Waals surface area contributed by atoms with Crippen molar-refractivity contribution in [2.75, 3.05) is 13.2 Å². The standard InChI is InChI=1S/C19H19N3O2/c23-19(20-12-16-4-3-11-24-16)15-8-6-14(7-9-15)17-13-21-22-10-2-1-5-18(17)22/h1-2,5-10,13,16H,3-4,11-12H2,(H,20,23)/t16-/m1/s1. The molecular weight excluding hydrogens is 302 g/mol. The molecule has 5 heteroatoms. The molecule has 1 aromatic carbocycles. The second kappa shape index (κ2) is 6.45. The summed E-state index contributed by atoms with van der Waals surface area (Å²) in [6.45, 7) is 1.38. The molecule has 122 valence electrons. The number of nitrogens with one attached hydrogen (secondary N) is 1. The summed E-state index contributed by atoms with van der Waals surface area (Å²) in [6.07, 6.45) is 6.03. The van der Waals surface area contributed by atoms with Gasteiger partial charge in [-0.15, -0.1) is 0 Å². The maximum atomic E-state index is 12.2. The van der Waals surface area contributed by atoms with Crippen LogP contribution in [0, 0.1) is 0 Å². The summed E-state index contributed by atoms with van der Waals surface area (Å²) < 4.78 is 7.37. The Morgan fingerprint density at radius 1 is 1.25 bits per heavy atom. The third kappa shape index (κ3) is 2.90. The van der Waals surface area contributed by atoms with Gasteiger partial charge >= 0.3 is 0 Å². The summed E-state index contributed by atoms with van der Waals surface area (Å²) >= 11 is 0. The van der Waals surface area contributed by atoms with E-state index in [1.165, 1.54) is 0 Å². The van der Waals surface area contributed by atoms with E-state index in [-0.39, 0.29) is 12.0 Å². The normalized spacial score (nSPS) is 17.2. The lowest BCUT2D eigenvalue weighted by Gasteiger charge is -2.11. The Kier molecular flexibility index (Phi) is 4.01. The van der Waals surface area contributed by atoms with Gasteiger partial charge in [-0.05, 0) is 42.7 Å². The molecule has 2 aromatic heterocycles. The van der Waals surface area contributed by atoms with Crippen molar-refractivity contribution in [2.24, 2.45) is 0 Å². The van der Waals surface area contributed by atoms with E-state index in [1.807, 2.05) is 59.4 Å². The molecule has 0 unspecified atom stereocenters. The van der Waals surface area contributed by atoms with Crippen molar-refractivity contribution in [3.63, 3.8) is 0 Å². The zero-order valence-electron chi connectivity index (χ0n) is 13.3. The van der Waals surface area contributed by atoms with Gasteiger partial charge in [-0.2, -0.15) is 5.10 Å². The predicted molar refractivity (Wildman–Crippen MR) is 91.9 cm³/mol. The van der Waals surface area contributed by atoms with Crippen molar-refractivity contribution in [3.05, 3.63) is 60.4 Å². The molecule has 0 bridgehead atoms. The van der Waals surface area contributed by atoms with Crippen LogP contribution in [-0.4, -0.2) is 34.8 Å². The van der Waals surface area contributed by atoms with Crippen LogP contribution in [0.4, 0.5) is 0 Å².